The number of hydrogen-bond donors (Lipinski definition) is 1. The second-order valence-electron chi connectivity index (χ2n) is 8.71. The van der Waals surface area contributed by atoms with Crippen LogP contribution in [0.1, 0.15) is 55.1 Å². The molecule has 30 heavy (non-hydrogen) atoms. The fraction of sp³-hybridized carbons (Fsp3) is 0.435. The van der Waals surface area contributed by atoms with Crippen LogP contribution in [0.15, 0.2) is 41.3 Å². The summed E-state index contributed by atoms with van der Waals surface area (Å²) in [6.07, 6.45) is 1.73. The molecular weight excluding hydrogens is 400 g/mol. The molecule has 3 rings (SSSR count). The number of amides is 1. The van der Waals surface area contributed by atoms with E-state index in [4.69, 9.17) is 4.74 Å². The van der Waals surface area contributed by atoms with Crippen LogP contribution in [0.25, 0.3) is 0 Å². The Kier molecular flexibility index (Phi) is 6.24. The van der Waals surface area contributed by atoms with Gasteiger partial charge in [0, 0.05) is 18.7 Å². The van der Waals surface area contributed by atoms with Gasteiger partial charge in [-0.2, -0.15) is 4.31 Å². The maximum Gasteiger partial charge on any atom is 0.256 e. The van der Waals surface area contributed by atoms with Gasteiger partial charge in [0.25, 0.3) is 5.91 Å². The van der Waals surface area contributed by atoms with Crippen LogP contribution in [0, 0.1) is 6.92 Å². The van der Waals surface area contributed by atoms with Crippen molar-refractivity contribution in [3.63, 3.8) is 0 Å². The van der Waals surface area contributed by atoms with Gasteiger partial charge in [-0.15, -0.1) is 0 Å². The number of anilines is 1. The molecule has 0 radical (unpaired) electrons. The van der Waals surface area contributed by atoms with Crippen LogP contribution in [0.4, 0.5) is 5.69 Å². The molecule has 7 heteroatoms. The number of carbonyl (C=O) groups is 1. The molecule has 1 aliphatic rings. The summed E-state index contributed by atoms with van der Waals surface area (Å²) >= 11 is 0. The summed E-state index contributed by atoms with van der Waals surface area (Å²) in [4.78, 5) is 13.2. The van der Waals surface area contributed by atoms with E-state index in [1.54, 1.807) is 26.2 Å². The van der Waals surface area contributed by atoms with Crippen molar-refractivity contribution in [3.8, 4) is 5.75 Å². The molecule has 1 aliphatic heterocycles. The van der Waals surface area contributed by atoms with E-state index in [9.17, 15) is 13.2 Å². The largest absolute Gasteiger partial charge is 0.495 e. The molecule has 0 atom stereocenters. The van der Waals surface area contributed by atoms with Crippen LogP contribution in [-0.2, 0) is 15.4 Å². The summed E-state index contributed by atoms with van der Waals surface area (Å²) in [5.41, 5.74) is 2.56. The molecule has 2 aromatic carbocycles. The van der Waals surface area contributed by atoms with Gasteiger partial charge >= 0.3 is 0 Å². The third-order valence-electron chi connectivity index (χ3n) is 5.47. The Morgan fingerprint density at radius 2 is 1.73 bits per heavy atom. The van der Waals surface area contributed by atoms with Crippen LogP contribution in [0.2, 0.25) is 0 Å². The van der Waals surface area contributed by atoms with E-state index in [1.165, 1.54) is 10.4 Å². The fourth-order valence-electron chi connectivity index (χ4n) is 3.55. The summed E-state index contributed by atoms with van der Waals surface area (Å²) in [6, 6.07) is 10.4. The van der Waals surface area contributed by atoms with Gasteiger partial charge in [-0.1, -0.05) is 32.9 Å². The summed E-state index contributed by atoms with van der Waals surface area (Å²) in [5, 5.41) is 2.91. The minimum atomic E-state index is -3.59. The van der Waals surface area contributed by atoms with E-state index in [0.29, 0.717) is 35.7 Å². The molecular formula is C23H30N2O4S. The van der Waals surface area contributed by atoms with E-state index < -0.39 is 10.0 Å². The molecule has 0 saturated carbocycles. The summed E-state index contributed by atoms with van der Waals surface area (Å²) in [5.74, 6) is 0.185. The van der Waals surface area contributed by atoms with Crippen molar-refractivity contribution in [3.05, 3.63) is 53.1 Å². The third-order valence-corrected chi connectivity index (χ3v) is 7.36. The molecule has 0 aromatic heterocycles. The molecule has 0 spiro atoms. The highest BCUT2D eigenvalue weighted by Crippen LogP contribution is 2.32. The van der Waals surface area contributed by atoms with Crippen LogP contribution in [0.5, 0.6) is 5.75 Å². The van der Waals surface area contributed by atoms with Crippen molar-refractivity contribution in [1.29, 1.82) is 0 Å². The zero-order valence-corrected chi connectivity index (χ0v) is 19.1. The number of methoxy groups -OCH3 is 1. The number of benzene rings is 2. The SMILES string of the molecule is COc1ccc(C(C)(C)C)cc1NC(=O)c1cc(S(=O)(=O)N2CCCC2)ccc1C. The number of nitrogens with zero attached hydrogens (tertiary/aromatic N) is 1. The average Bonchev–Trinajstić information content (AvgIpc) is 3.23. The van der Waals surface area contributed by atoms with Gasteiger partial charge in [0.15, 0.2) is 0 Å². The van der Waals surface area contributed by atoms with E-state index in [0.717, 1.165) is 18.4 Å². The molecule has 1 saturated heterocycles. The lowest BCUT2D eigenvalue weighted by molar-refractivity contribution is 0.102. The lowest BCUT2D eigenvalue weighted by Gasteiger charge is -2.21. The molecule has 1 N–H and O–H groups in total. The van der Waals surface area contributed by atoms with Crippen LogP contribution >= 0.6 is 0 Å². The number of sulfonamides is 1. The minimum Gasteiger partial charge on any atom is -0.495 e. The Morgan fingerprint density at radius 3 is 2.33 bits per heavy atom. The number of rotatable bonds is 5. The first kappa shape index (κ1) is 22.3. The van der Waals surface area contributed by atoms with Crippen molar-refractivity contribution in [2.75, 3.05) is 25.5 Å². The van der Waals surface area contributed by atoms with Crippen LogP contribution in [0.3, 0.4) is 0 Å². The quantitative estimate of drug-likeness (QED) is 0.766. The van der Waals surface area contributed by atoms with Gasteiger partial charge in [0.2, 0.25) is 10.0 Å². The molecule has 162 valence electrons. The molecule has 1 heterocycles. The van der Waals surface area contributed by atoms with Crippen molar-refractivity contribution < 1.29 is 17.9 Å². The summed E-state index contributed by atoms with van der Waals surface area (Å²) < 4.78 is 32.7. The van der Waals surface area contributed by atoms with Crippen LogP contribution in [-0.4, -0.2) is 38.8 Å². The van der Waals surface area contributed by atoms with E-state index >= 15 is 0 Å². The highest BCUT2D eigenvalue weighted by molar-refractivity contribution is 7.89. The molecule has 0 bridgehead atoms. The predicted octanol–water partition coefficient (Wildman–Crippen LogP) is 4.34. The Balaban J connectivity index is 1.94. The molecule has 1 amide bonds. The maximum atomic E-state index is 13.1. The third kappa shape index (κ3) is 4.52. The number of hydrogen-bond acceptors (Lipinski definition) is 4. The monoisotopic (exact) mass is 430 g/mol. The molecule has 6 nitrogen and oxygen atoms in total. The molecule has 1 fully saturated rings. The van der Waals surface area contributed by atoms with Gasteiger partial charge < -0.3 is 10.1 Å². The Bertz CT molecular complexity index is 1050. The van der Waals surface area contributed by atoms with Gasteiger partial charge in [0.1, 0.15) is 5.75 Å². The fourth-order valence-corrected chi connectivity index (χ4v) is 5.09. The van der Waals surface area contributed by atoms with Crippen molar-refractivity contribution in [1.82, 2.24) is 4.31 Å². The minimum absolute atomic E-state index is 0.0919. The van der Waals surface area contributed by atoms with Crippen molar-refractivity contribution >= 4 is 21.6 Å². The highest BCUT2D eigenvalue weighted by atomic mass is 32.2. The second-order valence-corrected chi connectivity index (χ2v) is 10.6. The first-order valence-corrected chi connectivity index (χ1v) is 11.6. The van der Waals surface area contributed by atoms with E-state index in [1.807, 2.05) is 18.2 Å². The number of carbonyl (C=O) groups excluding carboxylic acids is 1. The lowest BCUT2D eigenvalue weighted by atomic mass is 9.87. The summed E-state index contributed by atoms with van der Waals surface area (Å²) in [6.45, 7) is 9.12. The smallest absolute Gasteiger partial charge is 0.256 e. The van der Waals surface area contributed by atoms with Gasteiger partial charge in [0.05, 0.1) is 17.7 Å². The Labute approximate surface area is 179 Å². The normalized spacial score (nSPS) is 15.2. The maximum absolute atomic E-state index is 13.1. The number of ether oxygens (including phenoxy) is 1. The van der Waals surface area contributed by atoms with E-state index in [2.05, 4.69) is 26.1 Å². The van der Waals surface area contributed by atoms with Gasteiger partial charge in [-0.25, -0.2) is 8.42 Å². The zero-order valence-electron chi connectivity index (χ0n) is 18.3. The second kappa shape index (κ2) is 8.40. The topological polar surface area (TPSA) is 75.7 Å². The molecule has 0 aliphatic carbocycles. The highest BCUT2D eigenvalue weighted by Gasteiger charge is 2.28. The Morgan fingerprint density at radius 1 is 1.07 bits per heavy atom. The summed E-state index contributed by atoms with van der Waals surface area (Å²) in [7, 11) is -2.04. The van der Waals surface area contributed by atoms with Gasteiger partial charge in [-0.3, -0.25) is 4.79 Å². The van der Waals surface area contributed by atoms with Crippen molar-refractivity contribution in [2.45, 2.75) is 50.8 Å². The standard InChI is InChI=1S/C23H30N2O4S/c1-16-8-10-18(30(27,28)25-12-6-7-13-25)15-19(16)22(26)24-20-14-17(23(2,3)4)9-11-21(20)29-5/h8-11,14-15H,6-7,12-13H2,1-5H3,(H,24,26). The average molecular weight is 431 g/mol. The van der Waals surface area contributed by atoms with Crippen LogP contribution < -0.4 is 10.1 Å². The molecule has 0 unspecified atom stereocenters. The van der Waals surface area contributed by atoms with Gasteiger partial charge in [-0.05, 0) is 60.6 Å². The van der Waals surface area contributed by atoms with E-state index in [-0.39, 0.29) is 16.2 Å². The zero-order chi connectivity index (χ0) is 22.1. The lowest BCUT2D eigenvalue weighted by Crippen LogP contribution is -2.28. The first-order valence-electron chi connectivity index (χ1n) is 10.1. The predicted molar refractivity (Wildman–Crippen MR) is 119 cm³/mol. The number of nitrogens with one attached hydrogen (secondary N) is 1. The van der Waals surface area contributed by atoms with Crippen molar-refractivity contribution in [2.24, 2.45) is 0 Å². The Hall–Kier alpha value is -2.38. The first-order chi connectivity index (χ1) is 14.0. The molecule has 2 aromatic rings. The number of aryl methyl sites for hydroxylation is 1.